The Morgan fingerprint density at radius 3 is 2.58 bits per heavy atom. The van der Waals surface area contributed by atoms with Gasteiger partial charge in [0.05, 0.1) is 6.07 Å². The number of aromatic nitrogens is 1. The summed E-state index contributed by atoms with van der Waals surface area (Å²) in [7, 11) is 0. The summed E-state index contributed by atoms with van der Waals surface area (Å²) in [6.07, 6.45) is 0. The van der Waals surface area contributed by atoms with Crippen LogP contribution < -0.4 is 0 Å². The van der Waals surface area contributed by atoms with Crippen LogP contribution in [-0.4, -0.2) is 16.7 Å². The SMILES string of the molecule is N#CC(C(=O)c1ccccc1)C(=O)c1onc2c1CSc1ccccc1-2. The predicted octanol–water partition coefficient (Wildman–Crippen LogP) is 4.15. The van der Waals surface area contributed by atoms with Gasteiger partial charge in [-0.05, 0) is 6.07 Å². The van der Waals surface area contributed by atoms with Crippen molar-refractivity contribution < 1.29 is 14.1 Å². The van der Waals surface area contributed by atoms with E-state index in [1.807, 2.05) is 30.3 Å². The van der Waals surface area contributed by atoms with E-state index >= 15 is 0 Å². The molecule has 0 amide bonds. The van der Waals surface area contributed by atoms with Gasteiger partial charge >= 0.3 is 0 Å². The Hall–Kier alpha value is -3.17. The Morgan fingerprint density at radius 1 is 1.08 bits per heavy atom. The normalized spacial score (nSPS) is 13.2. The molecule has 0 spiro atoms. The summed E-state index contributed by atoms with van der Waals surface area (Å²) in [6.45, 7) is 0. The van der Waals surface area contributed by atoms with Crippen LogP contribution in [0.15, 0.2) is 64.0 Å². The number of carbonyl (C=O) groups excluding carboxylic acids is 2. The van der Waals surface area contributed by atoms with Gasteiger partial charge in [-0.2, -0.15) is 5.26 Å². The summed E-state index contributed by atoms with van der Waals surface area (Å²) in [5.41, 5.74) is 2.45. The standard InChI is InChI=1S/C20H12N2O3S/c21-10-14(18(23)12-6-2-1-3-7-12)19(24)20-15-11-26-16-9-5-4-8-13(16)17(15)22-25-20/h1-9,14H,11H2. The fraction of sp³-hybridized carbons (Fsp3) is 0.100. The van der Waals surface area contributed by atoms with E-state index in [9.17, 15) is 14.9 Å². The van der Waals surface area contributed by atoms with Crippen molar-refractivity contribution in [3.05, 3.63) is 71.5 Å². The Labute approximate surface area is 153 Å². The van der Waals surface area contributed by atoms with Crippen molar-refractivity contribution in [1.82, 2.24) is 5.16 Å². The summed E-state index contributed by atoms with van der Waals surface area (Å²) in [5, 5.41) is 13.5. The number of rotatable bonds is 4. The monoisotopic (exact) mass is 360 g/mol. The third-order valence-corrected chi connectivity index (χ3v) is 5.34. The second-order valence-electron chi connectivity index (χ2n) is 5.78. The van der Waals surface area contributed by atoms with Gasteiger partial charge < -0.3 is 4.52 Å². The van der Waals surface area contributed by atoms with Gasteiger partial charge in [-0.25, -0.2) is 0 Å². The Bertz CT molecular complexity index is 1050. The Balaban J connectivity index is 1.71. The fourth-order valence-electron chi connectivity index (χ4n) is 2.92. The first-order chi connectivity index (χ1) is 12.7. The minimum Gasteiger partial charge on any atom is -0.352 e. The Morgan fingerprint density at radius 2 is 1.81 bits per heavy atom. The van der Waals surface area contributed by atoms with E-state index in [0.29, 0.717) is 22.6 Å². The fourth-order valence-corrected chi connectivity index (χ4v) is 3.99. The predicted molar refractivity (Wildman–Crippen MR) is 95.7 cm³/mol. The first-order valence-corrected chi connectivity index (χ1v) is 8.93. The first kappa shape index (κ1) is 16.3. The molecular formula is C20H12N2O3S. The van der Waals surface area contributed by atoms with E-state index in [1.54, 1.807) is 42.1 Å². The summed E-state index contributed by atoms with van der Waals surface area (Å²) in [6, 6.07) is 17.9. The van der Waals surface area contributed by atoms with Gasteiger partial charge in [0, 0.05) is 27.3 Å². The molecule has 0 saturated carbocycles. The second-order valence-corrected chi connectivity index (χ2v) is 6.80. The lowest BCUT2D eigenvalue weighted by atomic mass is 9.92. The average molecular weight is 360 g/mol. The van der Waals surface area contributed by atoms with Gasteiger partial charge in [-0.15, -0.1) is 11.8 Å². The third kappa shape index (κ3) is 2.63. The van der Waals surface area contributed by atoms with Gasteiger partial charge in [-0.3, -0.25) is 9.59 Å². The summed E-state index contributed by atoms with van der Waals surface area (Å²) in [4.78, 5) is 26.5. The van der Waals surface area contributed by atoms with Crippen LogP contribution in [0.2, 0.25) is 0 Å². The van der Waals surface area contributed by atoms with Crippen molar-refractivity contribution in [1.29, 1.82) is 5.26 Å². The zero-order chi connectivity index (χ0) is 18.1. The summed E-state index contributed by atoms with van der Waals surface area (Å²) >= 11 is 1.57. The van der Waals surface area contributed by atoms with Crippen LogP contribution in [0.4, 0.5) is 0 Å². The number of carbonyl (C=O) groups is 2. The number of hydrogen-bond acceptors (Lipinski definition) is 6. The van der Waals surface area contributed by atoms with Crippen LogP contribution in [0.1, 0.15) is 26.5 Å². The van der Waals surface area contributed by atoms with E-state index in [4.69, 9.17) is 4.52 Å². The number of Topliss-reactive ketones (excluding diaryl/α,β-unsaturated/α-hetero) is 2. The maximum atomic E-state index is 12.8. The highest BCUT2D eigenvalue weighted by molar-refractivity contribution is 7.98. The molecule has 1 unspecified atom stereocenters. The van der Waals surface area contributed by atoms with Crippen LogP contribution in [0.5, 0.6) is 0 Å². The first-order valence-electron chi connectivity index (χ1n) is 7.94. The lowest BCUT2D eigenvalue weighted by Crippen LogP contribution is -2.23. The molecule has 1 atom stereocenters. The summed E-state index contributed by atoms with van der Waals surface area (Å²) < 4.78 is 5.29. The van der Waals surface area contributed by atoms with Gasteiger partial charge in [0.15, 0.2) is 11.7 Å². The average Bonchev–Trinajstić information content (AvgIpc) is 3.13. The Kier molecular flexibility index (Phi) is 4.15. The number of hydrogen-bond donors (Lipinski definition) is 0. The third-order valence-electron chi connectivity index (χ3n) is 4.24. The lowest BCUT2D eigenvalue weighted by molar-refractivity contribution is 0.0823. The number of nitrogens with zero attached hydrogens (tertiary/aromatic N) is 2. The van der Waals surface area contributed by atoms with Crippen LogP contribution >= 0.6 is 11.8 Å². The maximum absolute atomic E-state index is 12.8. The molecule has 0 saturated heterocycles. The van der Waals surface area contributed by atoms with Crippen LogP contribution in [0.3, 0.4) is 0 Å². The quantitative estimate of drug-likeness (QED) is 0.513. The van der Waals surface area contributed by atoms with Gasteiger partial charge in [-0.1, -0.05) is 53.7 Å². The molecular weight excluding hydrogens is 348 g/mol. The largest absolute Gasteiger partial charge is 0.352 e. The molecule has 3 aromatic rings. The van der Waals surface area contributed by atoms with Crippen LogP contribution in [0, 0.1) is 17.2 Å². The molecule has 6 heteroatoms. The molecule has 126 valence electrons. The van der Waals surface area contributed by atoms with Crippen molar-refractivity contribution in [3.63, 3.8) is 0 Å². The molecule has 1 aromatic heterocycles. The molecule has 0 aliphatic carbocycles. The number of thioether (sulfide) groups is 1. The van der Waals surface area contributed by atoms with Gasteiger partial charge in [0.1, 0.15) is 5.69 Å². The number of nitriles is 1. The van der Waals surface area contributed by atoms with E-state index in [1.165, 1.54) is 0 Å². The zero-order valence-corrected chi connectivity index (χ0v) is 14.3. The maximum Gasteiger partial charge on any atom is 0.226 e. The molecule has 0 fully saturated rings. The molecule has 0 N–H and O–H groups in total. The highest BCUT2D eigenvalue weighted by Crippen LogP contribution is 2.42. The van der Waals surface area contributed by atoms with E-state index < -0.39 is 17.5 Å². The molecule has 2 heterocycles. The number of benzene rings is 2. The molecule has 26 heavy (non-hydrogen) atoms. The molecule has 1 aliphatic rings. The number of ketones is 2. The minimum absolute atomic E-state index is 0.00201. The molecule has 0 radical (unpaired) electrons. The molecule has 2 aromatic carbocycles. The molecule has 5 nitrogen and oxygen atoms in total. The van der Waals surface area contributed by atoms with E-state index in [0.717, 1.165) is 10.5 Å². The lowest BCUT2D eigenvalue weighted by Gasteiger charge is -2.14. The molecule has 0 bridgehead atoms. The van der Waals surface area contributed by atoms with Crippen molar-refractivity contribution in [2.45, 2.75) is 10.6 Å². The zero-order valence-electron chi connectivity index (χ0n) is 13.5. The smallest absolute Gasteiger partial charge is 0.226 e. The second kappa shape index (κ2) is 6.62. The van der Waals surface area contributed by atoms with Crippen molar-refractivity contribution in [3.8, 4) is 17.3 Å². The highest BCUT2D eigenvalue weighted by atomic mass is 32.2. The van der Waals surface area contributed by atoms with E-state index in [-0.39, 0.29) is 5.76 Å². The van der Waals surface area contributed by atoms with Gasteiger partial charge in [0.2, 0.25) is 11.5 Å². The van der Waals surface area contributed by atoms with Crippen LogP contribution in [0.25, 0.3) is 11.3 Å². The highest BCUT2D eigenvalue weighted by Gasteiger charge is 2.35. The van der Waals surface area contributed by atoms with Crippen molar-refractivity contribution >= 4 is 23.3 Å². The summed E-state index contributed by atoms with van der Waals surface area (Å²) in [5.74, 6) is -2.12. The number of fused-ring (bicyclic) bond motifs is 3. The van der Waals surface area contributed by atoms with Crippen molar-refractivity contribution in [2.24, 2.45) is 5.92 Å². The molecule has 1 aliphatic heterocycles. The van der Waals surface area contributed by atoms with E-state index in [2.05, 4.69) is 5.16 Å². The van der Waals surface area contributed by atoms with Crippen LogP contribution in [-0.2, 0) is 5.75 Å². The minimum atomic E-state index is -1.45. The topological polar surface area (TPSA) is 84.0 Å². The van der Waals surface area contributed by atoms with Gasteiger partial charge in [0.25, 0.3) is 0 Å². The van der Waals surface area contributed by atoms with Crippen molar-refractivity contribution in [2.75, 3.05) is 0 Å². The molecule has 4 rings (SSSR count).